The van der Waals surface area contributed by atoms with Crippen molar-refractivity contribution in [3.8, 4) is 0 Å². The van der Waals surface area contributed by atoms with Crippen molar-refractivity contribution in [3.63, 3.8) is 0 Å². The van der Waals surface area contributed by atoms with Gasteiger partial charge in [-0.2, -0.15) is 5.10 Å². The zero-order valence-corrected chi connectivity index (χ0v) is 15.1. The summed E-state index contributed by atoms with van der Waals surface area (Å²) in [5, 5.41) is 19.2. The van der Waals surface area contributed by atoms with Crippen molar-refractivity contribution in [2.24, 2.45) is 5.92 Å². The van der Waals surface area contributed by atoms with Gasteiger partial charge >= 0.3 is 0 Å². The molecule has 7 heteroatoms. The molecule has 0 aliphatic carbocycles. The van der Waals surface area contributed by atoms with E-state index in [9.17, 15) is 14.3 Å². The van der Waals surface area contributed by atoms with Crippen molar-refractivity contribution in [3.05, 3.63) is 59.2 Å². The quantitative estimate of drug-likeness (QED) is 0.624. The van der Waals surface area contributed by atoms with E-state index in [2.05, 4.69) is 20.5 Å². The molecule has 1 unspecified atom stereocenters. The highest BCUT2D eigenvalue weighted by atomic mass is 19.1. The van der Waals surface area contributed by atoms with Gasteiger partial charge in [0.1, 0.15) is 22.7 Å². The summed E-state index contributed by atoms with van der Waals surface area (Å²) in [5.74, 6) is -0.572. The highest BCUT2D eigenvalue weighted by Gasteiger charge is 2.18. The van der Waals surface area contributed by atoms with Gasteiger partial charge in [-0.15, -0.1) is 0 Å². The number of rotatable bonds is 6. The van der Waals surface area contributed by atoms with Crippen LogP contribution in [0.15, 0.2) is 36.4 Å². The molecule has 0 bridgehead atoms. The van der Waals surface area contributed by atoms with Gasteiger partial charge in [-0.25, -0.2) is 9.37 Å². The van der Waals surface area contributed by atoms with E-state index in [1.807, 2.05) is 13.8 Å². The number of H-pyrrole nitrogens is 1. The Bertz CT molecular complexity index is 981. The molecule has 3 N–H and O–H groups in total. The number of fused-ring (bicyclic) bond motifs is 1. The van der Waals surface area contributed by atoms with E-state index in [0.29, 0.717) is 22.3 Å². The number of amides is 1. The van der Waals surface area contributed by atoms with E-state index in [1.165, 1.54) is 12.1 Å². The van der Waals surface area contributed by atoms with Crippen LogP contribution in [0.1, 0.15) is 35.6 Å². The first-order valence-corrected chi connectivity index (χ1v) is 8.68. The normalized spacial score (nSPS) is 12.8. The molecule has 1 aromatic carbocycles. The molecular formula is C20H21FN4O2. The average Bonchev–Trinajstić information content (AvgIpc) is 3.06. The molecule has 6 nitrogen and oxygen atoms in total. The zero-order chi connectivity index (χ0) is 19.4. The Kier molecular flexibility index (Phi) is 5.61. The summed E-state index contributed by atoms with van der Waals surface area (Å²) in [4.78, 5) is 16.8. The number of aromatic amines is 1. The van der Waals surface area contributed by atoms with Gasteiger partial charge in [0.2, 0.25) is 0 Å². The lowest BCUT2D eigenvalue weighted by Gasteiger charge is -2.19. The second-order valence-electron chi connectivity index (χ2n) is 6.60. The molecule has 140 valence electrons. The van der Waals surface area contributed by atoms with Crippen LogP contribution in [-0.4, -0.2) is 38.8 Å². The molecule has 2 heterocycles. The number of nitrogens with one attached hydrogen (secondary N) is 2. The summed E-state index contributed by atoms with van der Waals surface area (Å²) in [6, 6.07) is 9.19. The largest absolute Gasteiger partial charge is 0.394 e. The van der Waals surface area contributed by atoms with Crippen LogP contribution >= 0.6 is 0 Å². The third kappa shape index (κ3) is 4.38. The molecule has 0 saturated carbocycles. The van der Waals surface area contributed by atoms with Crippen molar-refractivity contribution in [2.75, 3.05) is 6.61 Å². The molecule has 27 heavy (non-hydrogen) atoms. The Morgan fingerprint density at radius 2 is 2.11 bits per heavy atom. The fourth-order valence-electron chi connectivity index (χ4n) is 2.61. The summed E-state index contributed by atoms with van der Waals surface area (Å²) in [6.45, 7) is 3.70. The molecule has 3 rings (SSSR count). The Morgan fingerprint density at radius 3 is 2.81 bits per heavy atom. The lowest BCUT2D eigenvalue weighted by molar-refractivity contribution is 0.0892. The molecule has 0 aliphatic heterocycles. The van der Waals surface area contributed by atoms with Gasteiger partial charge in [0.15, 0.2) is 0 Å². The van der Waals surface area contributed by atoms with Crippen molar-refractivity contribution in [1.82, 2.24) is 20.5 Å². The first kappa shape index (κ1) is 18.7. The number of hydrogen-bond donors (Lipinski definition) is 3. The second-order valence-corrected chi connectivity index (χ2v) is 6.60. The highest BCUT2D eigenvalue weighted by molar-refractivity contribution is 5.96. The lowest BCUT2D eigenvalue weighted by atomic mass is 10.1. The average molecular weight is 368 g/mol. The Labute approximate surface area is 156 Å². The minimum absolute atomic E-state index is 0.0985. The molecule has 2 aromatic heterocycles. The van der Waals surface area contributed by atoms with E-state index in [4.69, 9.17) is 0 Å². The molecule has 1 amide bonds. The molecule has 0 radical (unpaired) electrons. The highest BCUT2D eigenvalue weighted by Crippen LogP contribution is 2.17. The molecule has 3 aromatic rings. The summed E-state index contributed by atoms with van der Waals surface area (Å²) in [5.41, 5.74) is 2.71. The fraction of sp³-hybridized carbons (Fsp3) is 0.250. The number of benzene rings is 1. The summed E-state index contributed by atoms with van der Waals surface area (Å²) in [6.07, 6.45) is 3.45. The van der Waals surface area contributed by atoms with E-state index >= 15 is 0 Å². The van der Waals surface area contributed by atoms with Crippen LogP contribution in [0.3, 0.4) is 0 Å². The molecular weight excluding hydrogens is 347 g/mol. The smallest absolute Gasteiger partial charge is 0.270 e. The second kappa shape index (κ2) is 8.09. The number of pyridine rings is 1. The topological polar surface area (TPSA) is 90.9 Å². The van der Waals surface area contributed by atoms with E-state index in [0.717, 1.165) is 0 Å². The number of carbonyl (C=O) groups is 1. The van der Waals surface area contributed by atoms with Crippen molar-refractivity contribution < 1.29 is 14.3 Å². The van der Waals surface area contributed by atoms with Gasteiger partial charge in [0.05, 0.1) is 18.2 Å². The zero-order valence-electron chi connectivity index (χ0n) is 15.1. The van der Waals surface area contributed by atoms with Crippen LogP contribution in [0.4, 0.5) is 4.39 Å². The van der Waals surface area contributed by atoms with Crippen LogP contribution in [-0.2, 0) is 0 Å². The first-order chi connectivity index (χ1) is 13.0. The van der Waals surface area contributed by atoms with E-state index in [1.54, 1.807) is 36.4 Å². The van der Waals surface area contributed by atoms with Crippen LogP contribution < -0.4 is 5.32 Å². The maximum Gasteiger partial charge on any atom is 0.270 e. The van der Waals surface area contributed by atoms with Gasteiger partial charge in [-0.1, -0.05) is 32.1 Å². The van der Waals surface area contributed by atoms with Gasteiger partial charge in [0, 0.05) is 0 Å². The van der Waals surface area contributed by atoms with Crippen molar-refractivity contribution in [1.29, 1.82) is 0 Å². The third-order valence-corrected chi connectivity index (χ3v) is 4.27. The molecule has 0 saturated heterocycles. The minimum Gasteiger partial charge on any atom is -0.394 e. The summed E-state index contributed by atoms with van der Waals surface area (Å²) in [7, 11) is 0. The number of aliphatic hydroxyl groups is 1. The Balaban J connectivity index is 1.86. The van der Waals surface area contributed by atoms with Gasteiger partial charge < -0.3 is 10.4 Å². The van der Waals surface area contributed by atoms with Gasteiger partial charge in [-0.3, -0.25) is 9.89 Å². The predicted molar refractivity (Wildman–Crippen MR) is 102 cm³/mol. The van der Waals surface area contributed by atoms with Gasteiger partial charge in [0.25, 0.3) is 5.91 Å². The van der Waals surface area contributed by atoms with Crippen LogP contribution in [0, 0.1) is 11.7 Å². The SMILES string of the molecule is CC(C)C(CO)NC(=O)c1ccc2[nH]nc(C=Cc3cccc(F)c3)c2n1. The standard InChI is InChI=1S/C20H21FN4O2/c1-12(2)18(11-26)23-20(27)17-9-8-16-19(22-17)15(24-25-16)7-6-13-4-3-5-14(21)10-13/h3-10,12,18,26H,11H2,1-2H3,(H,23,27)(H,24,25). The Morgan fingerprint density at radius 1 is 1.30 bits per heavy atom. The number of hydrogen-bond acceptors (Lipinski definition) is 4. The fourth-order valence-corrected chi connectivity index (χ4v) is 2.61. The summed E-state index contributed by atoms with van der Waals surface area (Å²) >= 11 is 0. The van der Waals surface area contributed by atoms with Crippen LogP contribution in [0.25, 0.3) is 23.2 Å². The van der Waals surface area contributed by atoms with Gasteiger partial charge in [-0.05, 0) is 41.8 Å². The number of aromatic nitrogens is 3. The van der Waals surface area contributed by atoms with Crippen LogP contribution in [0.2, 0.25) is 0 Å². The number of nitrogens with zero attached hydrogens (tertiary/aromatic N) is 2. The third-order valence-electron chi connectivity index (χ3n) is 4.27. The number of halogens is 1. The predicted octanol–water partition coefficient (Wildman–Crippen LogP) is 3.01. The number of carbonyl (C=O) groups excluding carboxylic acids is 1. The van der Waals surface area contributed by atoms with E-state index < -0.39 is 0 Å². The maximum absolute atomic E-state index is 13.3. The Hall–Kier alpha value is -3.06. The number of aliphatic hydroxyl groups excluding tert-OH is 1. The van der Waals surface area contributed by atoms with Crippen molar-refractivity contribution >= 4 is 29.1 Å². The van der Waals surface area contributed by atoms with Crippen molar-refractivity contribution in [2.45, 2.75) is 19.9 Å². The minimum atomic E-state index is -0.356. The monoisotopic (exact) mass is 368 g/mol. The molecule has 0 aliphatic rings. The molecule has 0 spiro atoms. The molecule has 1 atom stereocenters. The first-order valence-electron chi connectivity index (χ1n) is 8.68. The van der Waals surface area contributed by atoms with Crippen LogP contribution in [0.5, 0.6) is 0 Å². The van der Waals surface area contributed by atoms with E-state index in [-0.39, 0.29) is 36.0 Å². The lowest BCUT2D eigenvalue weighted by Crippen LogP contribution is -2.41. The summed E-state index contributed by atoms with van der Waals surface area (Å²) < 4.78 is 13.3. The maximum atomic E-state index is 13.3. The molecule has 0 fully saturated rings.